The molecule has 0 atom stereocenters. The smallest absolute Gasteiger partial charge is 0.382 e. The van der Waals surface area contributed by atoms with Crippen molar-refractivity contribution in [3.8, 4) is 0 Å². The molecular weight excluding hydrogens is 630 g/mol. The highest BCUT2D eigenvalue weighted by molar-refractivity contribution is 9.11. The maximum Gasteiger partial charge on any atom is 0.435 e. The van der Waals surface area contributed by atoms with Crippen LogP contribution in [0.15, 0.2) is 39.3 Å². The van der Waals surface area contributed by atoms with E-state index < -0.39 is 61.4 Å². The molecule has 2 amide bonds. The molecule has 0 saturated carbocycles. The highest BCUT2D eigenvalue weighted by Gasteiger charge is 2.73. The molecule has 0 aromatic heterocycles. The predicted octanol–water partition coefficient (Wildman–Crippen LogP) is 6.20. The fourth-order valence-corrected chi connectivity index (χ4v) is 4.16. The van der Waals surface area contributed by atoms with Crippen molar-refractivity contribution in [1.82, 2.24) is 5.48 Å². The topological polar surface area (TPSA) is 90.5 Å². The number of rotatable bonds is 7. The molecule has 192 valence electrons. The summed E-state index contributed by atoms with van der Waals surface area (Å²) in [6.45, 7) is -0.129. The molecule has 2 aromatic rings. The third-order valence-electron chi connectivity index (χ3n) is 4.50. The fourth-order valence-electron chi connectivity index (χ4n) is 2.77. The van der Waals surface area contributed by atoms with Gasteiger partial charge in [-0.05, 0) is 56.1 Å². The van der Waals surface area contributed by atoms with Gasteiger partial charge in [0.2, 0.25) is 5.91 Å². The maximum atomic E-state index is 14.7. The average Bonchev–Trinajstić information content (AvgIpc) is 2.74. The van der Waals surface area contributed by atoms with Gasteiger partial charge in [0.25, 0.3) is 5.91 Å². The Kier molecular flexibility index (Phi) is 8.76. The molecule has 0 bridgehead atoms. The molecule has 0 fully saturated rings. The third kappa shape index (κ3) is 6.03. The number of hydroxylamine groups is 1. The summed E-state index contributed by atoms with van der Waals surface area (Å²) < 4.78 is 106. The normalized spacial score (nSPS) is 12.3. The van der Waals surface area contributed by atoms with Crippen LogP contribution in [0.4, 0.5) is 46.5 Å². The summed E-state index contributed by atoms with van der Waals surface area (Å²) in [7, 11) is 0. The Labute approximate surface area is 208 Å². The summed E-state index contributed by atoms with van der Waals surface area (Å²) in [5.41, 5.74) is -7.33. The van der Waals surface area contributed by atoms with Gasteiger partial charge < -0.3 is 10.6 Å². The number of hydrogen-bond donors (Lipinski definition) is 4. The Balaban J connectivity index is 2.36. The minimum atomic E-state index is -6.34. The Morgan fingerprint density at radius 3 is 1.97 bits per heavy atom. The van der Waals surface area contributed by atoms with Gasteiger partial charge in [0, 0.05) is 27.5 Å². The van der Waals surface area contributed by atoms with Gasteiger partial charge in [0.05, 0.1) is 16.9 Å². The van der Waals surface area contributed by atoms with Crippen molar-refractivity contribution in [3.05, 3.63) is 56.2 Å². The molecule has 2 aromatic carbocycles. The van der Waals surface area contributed by atoms with Crippen LogP contribution in [0, 0.1) is 5.82 Å². The van der Waals surface area contributed by atoms with Crippen molar-refractivity contribution < 1.29 is 49.9 Å². The van der Waals surface area contributed by atoms with Gasteiger partial charge in [-0.1, -0.05) is 6.07 Å². The standard InChI is InChI=1S/C19H13Br2F8N3O3/c20-10-6-8(17(23,18(24,25)26)19(27,28)29)7-11(21)15(10)31-16(34)9-2-1-3-12(14(9)22)30-5-4-13(33)32-35/h1-3,6-7,30,35H,4-5H2,(H,31,34)(H,32,33). The number of anilines is 2. The van der Waals surface area contributed by atoms with Gasteiger partial charge in [0.1, 0.15) is 0 Å². The maximum absolute atomic E-state index is 14.7. The number of carbonyl (C=O) groups is 2. The zero-order chi connectivity index (χ0) is 26.8. The molecule has 16 heteroatoms. The fraction of sp³-hybridized carbons (Fsp3) is 0.263. The minimum Gasteiger partial charge on any atom is -0.382 e. The number of halogens is 10. The van der Waals surface area contributed by atoms with Crippen LogP contribution >= 0.6 is 31.9 Å². The van der Waals surface area contributed by atoms with Gasteiger partial charge in [-0.15, -0.1) is 0 Å². The molecule has 0 spiro atoms. The minimum absolute atomic E-state index is 0.129. The molecule has 0 saturated heterocycles. The van der Waals surface area contributed by atoms with Gasteiger partial charge >= 0.3 is 18.0 Å². The lowest BCUT2D eigenvalue weighted by molar-refractivity contribution is -0.348. The van der Waals surface area contributed by atoms with E-state index in [2.05, 4.69) is 42.5 Å². The first kappa shape index (κ1) is 28.8. The number of alkyl halides is 7. The molecule has 0 radical (unpaired) electrons. The molecule has 4 N–H and O–H groups in total. The van der Waals surface area contributed by atoms with Crippen molar-refractivity contribution in [2.45, 2.75) is 24.4 Å². The molecule has 2 rings (SSSR count). The van der Waals surface area contributed by atoms with Crippen LogP contribution in [0.5, 0.6) is 0 Å². The van der Waals surface area contributed by atoms with E-state index in [1.807, 2.05) is 0 Å². The van der Waals surface area contributed by atoms with E-state index in [1.165, 1.54) is 17.6 Å². The van der Waals surface area contributed by atoms with Crippen molar-refractivity contribution in [2.24, 2.45) is 0 Å². The van der Waals surface area contributed by atoms with E-state index in [4.69, 9.17) is 5.21 Å². The second kappa shape index (κ2) is 10.7. The number of nitrogens with one attached hydrogen (secondary N) is 3. The van der Waals surface area contributed by atoms with E-state index in [1.54, 1.807) is 0 Å². The third-order valence-corrected chi connectivity index (χ3v) is 5.75. The van der Waals surface area contributed by atoms with Gasteiger partial charge in [-0.25, -0.2) is 14.3 Å². The van der Waals surface area contributed by atoms with E-state index in [0.29, 0.717) is 0 Å². The van der Waals surface area contributed by atoms with Gasteiger partial charge in [0.15, 0.2) is 5.82 Å². The zero-order valence-electron chi connectivity index (χ0n) is 16.8. The average molecular weight is 643 g/mol. The molecular formula is C19H13Br2F8N3O3. The first-order chi connectivity index (χ1) is 16.0. The van der Waals surface area contributed by atoms with Crippen molar-refractivity contribution in [2.75, 3.05) is 17.2 Å². The van der Waals surface area contributed by atoms with Crippen molar-refractivity contribution >= 4 is 55.0 Å². The largest absolute Gasteiger partial charge is 0.435 e. The lowest BCUT2D eigenvalue weighted by Gasteiger charge is -2.31. The Bertz CT molecular complexity index is 1090. The van der Waals surface area contributed by atoms with Gasteiger partial charge in [-0.3, -0.25) is 14.8 Å². The van der Waals surface area contributed by atoms with Crippen LogP contribution in [0.3, 0.4) is 0 Å². The molecule has 35 heavy (non-hydrogen) atoms. The molecule has 0 aliphatic carbocycles. The number of carbonyl (C=O) groups excluding carboxylic acids is 2. The Hall–Kier alpha value is -2.46. The number of hydrogen-bond acceptors (Lipinski definition) is 4. The van der Waals surface area contributed by atoms with E-state index in [9.17, 15) is 44.7 Å². The molecule has 0 aliphatic rings. The van der Waals surface area contributed by atoms with Crippen LogP contribution in [-0.2, 0) is 10.5 Å². The van der Waals surface area contributed by atoms with E-state index >= 15 is 0 Å². The highest BCUT2D eigenvalue weighted by Crippen LogP contribution is 2.54. The monoisotopic (exact) mass is 641 g/mol. The second-order valence-electron chi connectivity index (χ2n) is 6.80. The second-order valence-corrected chi connectivity index (χ2v) is 8.51. The van der Waals surface area contributed by atoms with Crippen molar-refractivity contribution in [3.63, 3.8) is 0 Å². The van der Waals surface area contributed by atoms with Crippen LogP contribution in [0.1, 0.15) is 22.3 Å². The summed E-state index contributed by atoms with van der Waals surface area (Å²) in [6, 6.07) is 3.90. The molecule has 6 nitrogen and oxygen atoms in total. The lowest BCUT2D eigenvalue weighted by atomic mass is 9.94. The number of amides is 2. The number of benzene rings is 2. The molecule has 0 aliphatic heterocycles. The first-order valence-electron chi connectivity index (χ1n) is 9.13. The van der Waals surface area contributed by atoms with Crippen LogP contribution in [0.25, 0.3) is 0 Å². The van der Waals surface area contributed by atoms with Crippen LogP contribution < -0.4 is 16.1 Å². The zero-order valence-corrected chi connectivity index (χ0v) is 20.0. The lowest BCUT2D eigenvalue weighted by Crippen LogP contribution is -2.50. The van der Waals surface area contributed by atoms with Crippen LogP contribution in [0.2, 0.25) is 0 Å². The summed E-state index contributed by atoms with van der Waals surface area (Å²) in [5.74, 6) is -3.00. The molecule has 0 unspecified atom stereocenters. The Morgan fingerprint density at radius 1 is 0.943 bits per heavy atom. The van der Waals surface area contributed by atoms with E-state index in [-0.39, 0.29) is 30.8 Å². The summed E-state index contributed by atoms with van der Waals surface area (Å²) in [5, 5.41) is 13.1. The van der Waals surface area contributed by atoms with E-state index in [0.717, 1.165) is 6.07 Å². The summed E-state index contributed by atoms with van der Waals surface area (Å²) in [6.07, 6.45) is -12.9. The van der Waals surface area contributed by atoms with Gasteiger partial charge in [-0.2, -0.15) is 26.3 Å². The predicted molar refractivity (Wildman–Crippen MR) is 114 cm³/mol. The summed E-state index contributed by atoms with van der Waals surface area (Å²) in [4.78, 5) is 23.6. The quantitative estimate of drug-likeness (QED) is 0.165. The summed E-state index contributed by atoms with van der Waals surface area (Å²) >= 11 is 5.40. The van der Waals surface area contributed by atoms with Crippen LogP contribution in [-0.4, -0.2) is 35.9 Å². The molecule has 0 heterocycles. The highest BCUT2D eigenvalue weighted by atomic mass is 79.9. The van der Waals surface area contributed by atoms with Crippen molar-refractivity contribution in [1.29, 1.82) is 0 Å². The SMILES string of the molecule is O=C(CCNc1cccc(C(=O)Nc2c(Br)cc(C(F)(C(F)(F)F)C(F)(F)F)cc2Br)c1F)NO. The first-order valence-corrected chi connectivity index (χ1v) is 10.7. The Morgan fingerprint density at radius 2 is 1.49 bits per heavy atom.